The zero-order valence-corrected chi connectivity index (χ0v) is 16.1. The van der Waals surface area contributed by atoms with Gasteiger partial charge in [-0.25, -0.2) is 0 Å². The van der Waals surface area contributed by atoms with E-state index in [0.717, 1.165) is 27.5 Å². The standard InChI is InChI=1S/C19H17NO2S3/c1-2-11-22-14-8-4-6-10-16(14)24-15-9-5-3-7-13(15)12-17-18(21)20-19(23)25-17/h3-10,12H,2,11H2,1H3,(H,20,21,23). The number of ether oxygens (including phenoxy) is 1. The van der Waals surface area contributed by atoms with Gasteiger partial charge in [0, 0.05) is 4.90 Å². The van der Waals surface area contributed by atoms with Crippen LogP contribution in [0.25, 0.3) is 6.08 Å². The lowest BCUT2D eigenvalue weighted by atomic mass is 10.2. The Bertz CT molecular complexity index is 833. The second-order valence-electron chi connectivity index (χ2n) is 5.29. The summed E-state index contributed by atoms with van der Waals surface area (Å²) in [6, 6.07) is 16.0. The van der Waals surface area contributed by atoms with Crippen LogP contribution < -0.4 is 10.1 Å². The van der Waals surface area contributed by atoms with E-state index >= 15 is 0 Å². The minimum atomic E-state index is -0.138. The molecule has 2 aromatic carbocycles. The number of thiocarbonyl (C=S) groups is 1. The number of benzene rings is 2. The van der Waals surface area contributed by atoms with Crippen molar-refractivity contribution < 1.29 is 9.53 Å². The Kier molecular flexibility index (Phi) is 6.18. The monoisotopic (exact) mass is 387 g/mol. The summed E-state index contributed by atoms with van der Waals surface area (Å²) < 4.78 is 6.34. The van der Waals surface area contributed by atoms with Crippen LogP contribution >= 0.6 is 35.7 Å². The molecule has 0 radical (unpaired) electrons. The number of hydrogen-bond acceptors (Lipinski definition) is 5. The zero-order valence-electron chi connectivity index (χ0n) is 13.7. The molecule has 25 heavy (non-hydrogen) atoms. The molecule has 0 aliphatic carbocycles. The van der Waals surface area contributed by atoms with Crippen LogP contribution in [0.5, 0.6) is 5.75 Å². The summed E-state index contributed by atoms with van der Waals surface area (Å²) in [5.74, 6) is 0.743. The van der Waals surface area contributed by atoms with Crippen LogP contribution in [0.1, 0.15) is 18.9 Å². The molecule has 0 atom stereocenters. The third-order valence-corrected chi connectivity index (χ3v) is 5.69. The number of rotatable bonds is 6. The number of amides is 1. The molecule has 6 heteroatoms. The summed E-state index contributed by atoms with van der Waals surface area (Å²) in [6.45, 7) is 2.78. The molecule has 1 aliphatic heterocycles. The van der Waals surface area contributed by atoms with Crippen molar-refractivity contribution in [3.05, 3.63) is 59.0 Å². The van der Waals surface area contributed by atoms with Crippen LogP contribution in [-0.4, -0.2) is 16.8 Å². The Morgan fingerprint density at radius 3 is 2.60 bits per heavy atom. The highest BCUT2D eigenvalue weighted by atomic mass is 32.2. The highest BCUT2D eigenvalue weighted by Gasteiger charge is 2.22. The molecule has 1 saturated heterocycles. The van der Waals surface area contributed by atoms with E-state index in [9.17, 15) is 4.79 Å². The SMILES string of the molecule is CCCOc1ccccc1Sc1ccccc1C=C1SC(=S)NC1=O. The Morgan fingerprint density at radius 2 is 1.88 bits per heavy atom. The average molecular weight is 388 g/mol. The third-order valence-electron chi connectivity index (χ3n) is 3.38. The summed E-state index contributed by atoms with van der Waals surface area (Å²) in [7, 11) is 0. The van der Waals surface area contributed by atoms with E-state index in [1.54, 1.807) is 11.8 Å². The summed E-state index contributed by atoms with van der Waals surface area (Å²) in [6.07, 6.45) is 2.85. The van der Waals surface area contributed by atoms with E-state index in [0.29, 0.717) is 15.8 Å². The van der Waals surface area contributed by atoms with Gasteiger partial charge in [0.25, 0.3) is 5.91 Å². The third kappa shape index (κ3) is 4.66. The fraction of sp³-hybridized carbons (Fsp3) is 0.158. The van der Waals surface area contributed by atoms with Crippen molar-refractivity contribution in [2.24, 2.45) is 0 Å². The van der Waals surface area contributed by atoms with Crippen molar-refractivity contribution in [2.75, 3.05) is 6.61 Å². The number of para-hydroxylation sites is 1. The van der Waals surface area contributed by atoms with Crippen LogP contribution in [0.4, 0.5) is 0 Å². The first-order valence-corrected chi connectivity index (χ1v) is 9.95. The van der Waals surface area contributed by atoms with E-state index in [1.165, 1.54) is 11.8 Å². The molecule has 1 heterocycles. The molecule has 1 aliphatic rings. The molecule has 0 unspecified atom stereocenters. The lowest BCUT2D eigenvalue weighted by molar-refractivity contribution is -0.115. The molecular formula is C19H17NO2S3. The summed E-state index contributed by atoms with van der Waals surface area (Å²) in [5.41, 5.74) is 0.986. The maximum atomic E-state index is 11.9. The molecule has 0 saturated carbocycles. The van der Waals surface area contributed by atoms with Crippen molar-refractivity contribution in [3.63, 3.8) is 0 Å². The van der Waals surface area contributed by atoms with Gasteiger partial charge in [-0.15, -0.1) is 0 Å². The fourth-order valence-electron chi connectivity index (χ4n) is 2.24. The lowest BCUT2D eigenvalue weighted by Gasteiger charge is -2.12. The van der Waals surface area contributed by atoms with Gasteiger partial charge in [-0.2, -0.15) is 0 Å². The highest BCUT2D eigenvalue weighted by molar-refractivity contribution is 8.26. The van der Waals surface area contributed by atoms with E-state index in [1.807, 2.05) is 54.6 Å². The molecule has 1 fully saturated rings. The summed E-state index contributed by atoms with van der Waals surface area (Å²) in [4.78, 5) is 14.7. The molecule has 128 valence electrons. The Labute approximate surface area is 161 Å². The van der Waals surface area contributed by atoms with E-state index in [2.05, 4.69) is 12.2 Å². The number of thioether (sulfide) groups is 1. The maximum absolute atomic E-state index is 11.9. The van der Waals surface area contributed by atoms with Gasteiger partial charge in [-0.3, -0.25) is 4.79 Å². The fourth-order valence-corrected chi connectivity index (χ4v) is 4.28. The van der Waals surface area contributed by atoms with Gasteiger partial charge in [0.2, 0.25) is 0 Å². The minimum Gasteiger partial charge on any atom is -0.492 e. The molecular weight excluding hydrogens is 370 g/mol. The van der Waals surface area contributed by atoms with Crippen LogP contribution in [-0.2, 0) is 4.79 Å². The van der Waals surface area contributed by atoms with Gasteiger partial charge in [-0.05, 0) is 36.3 Å². The summed E-state index contributed by atoms with van der Waals surface area (Å²) >= 11 is 7.98. The first kappa shape index (κ1) is 18.0. The average Bonchev–Trinajstić information content (AvgIpc) is 2.93. The van der Waals surface area contributed by atoms with Crippen molar-refractivity contribution in [1.82, 2.24) is 5.32 Å². The van der Waals surface area contributed by atoms with Gasteiger partial charge in [0.1, 0.15) is 10.1 Å². The molecule has 3 rings (SSSR count). The normalized spacial score (nSPS) is 15.5. The first-order valence-electron chi connectivity index (χ1n) is 7.91. The second kappa shape index (κ2) is 8.56. The molecule has 3 nitrogen and oxygen atoms in total. The Hall–Kier alpha value is -1.76. The minimum absolute atomic E-state index is 0.138. The van der Waals surface area contributed by atoms with E-state index < -0.39 is 0 Å². The van der Waals surface area contributed by atoms with Crippen molar-refractivity contribution in [1.29, 1.82) is 0 Å². The van der Waals surface area contributed by atoms with Crippen LogP contribution in [0.2, 0.25) is 0 Å². The van der Waals surface area contributed by atoms with Gasteiger partial charge in [0.15, 0.2) is 0 Å². The molecule has 0 spiro atoms. The quantitative estimate of drug-likeness (QED) is 0.550. The van der Waals surface area contributed by atoms with E-state index in [4.69, 9.17) is 17.0 Å². The number of carbonyl (C=O) groups is 1. The molecule has 1 amide bonds. The summed E-state index contributed by atoms with van der Waals surface area (Å²) in [5, 5.41) is 2.65. The number of nitrogens with one attached hydrogen (secondary N) is 1. The molecule has 1 N–H and O–H groups in total. The largest absolute Gasteiger partial charge is 0.492 e. The van der Waals surface area contributed by atoms with Crippen molar-refractivity contribution in [3.8, 4) is 5.75 Å². The van der Waals surface area contributed by atoms with Crippen molar-refractivity contribution >= 4 is 52.0 Å². The van der Waals surface area contributed by atoms with Crippen LogP contribution in [0.3, 0.4) is 0 Å². The van der Waals surface area contributed by atoms with Gasteiger partial charge < -0.3 is 10.1 Å². The van der Waals surface area contributed by atoms with Gasteiger partial charge in [0.05, 0.1) is 16.4 Å². The Morgan fingerprint density at radius 1 is 1.16 bits per heavy atom. The molecule has 0 bridgehead atoms. The number of hydrogen-bond donors (Lipinski definition) is 1. The smallest absolute Gasteiger partial charge is 0.263 e. The lowest BCUT2D eigenvalue weighted by Crippen LogP contribution is -2.17. The van der Waals surface area contributed by atoms with Crippen molar-refractivity contribution in [2.45, 2.75) is 23.1 Å². The Balaban J connectivity index is 1.89. The van der Waals surface area contributed by atoms with E-state index in [-0.39, 0.29) is 5.91 Å². The van der Waals surface area contributed by atoms with Gasteiger partial charge >= 0.3 is 0 Å². The highest BCUT2D eigenvalue weighted by Crippen LogP contribution is 2.38. The first-order chi connectivity index (χ1) is 12.2. The second-order valence-corrected chi connectivity index (χ2v) is 8.09. The molecule has 2 aromatic rings. The topological polar surface area (TPSA) is 38.3 Å². The van der Waals surface area contributed by atoms with Crippen LogP contribution in [0, 0.1) is 0 Å². The predicted molar refractivity (Wildman–Crippen MR) is 109 cm³/mol. The van der Waals surface area contributed by atoms with Crippen LogP contribution in [0.15, 0.2) is 63.2 Å². The number of carbonyl (C=O) groups excluding carboxylic acids is 1. The van der Waals surface area contributed by atoms with Gasteiger partial charge in [-0.1, -0.05) is 73.0 Å². The molecule has 0 aromatic heterocycles. The maximum Gasteiger partial charge on any atom is 0.263 e. The predicted octanol–water partition coefficient (Wildman–Crippen LogP) is 5.12. The zero-order chi connectivity index (χ0) is 17.6.